The second kappa shape index (κ2) is 9.91. The molecule has 9 heteroatoms. The molecule has 148 valence electrons. The molecule has 0 heterocycles. The Balaban J connectivity index is 1.95. The maximum absolute atomic E-state index is 12.1. The van der Waals surface area contributed by atoms with Gasteiger partial charge in [-0.1, -0.05) is 11.2 Å². The highest BCUT2D eigenvalue weighted by molar-refractivity contribution is 5.94. The summed E-state index contributed by atoms with van der Waals surface area (Å²) in [6, 6.07) is 10.9. The predicted octanol–water partition coefficient (Wildman–Crippen LogP) is 3.38. The second-order valence-electron chi connectivity index (χ2n) is 5.62. The molecular weight excluding hydrogens is 366 g/mol. The van der Waals surface area contributed by atoms with E-state index in [-0.39, 0.29) is 5.69 Å². The van der Waals surface area contributed by atoms with E-state index in [1.165, 1.54) is 38.4 Å². The molecule has 2 rings (SSSR count). The standard InChI is InChI=1S/C19H21N3O6/c1-4-27-17-9-8-14(10-18(17)26-3)12-20-28-13(2)19(23)21-15-6-5-7-16(11-15)22(24)25/h5-13H,4H2,1-3H3,(H,21,23). The van der Waals surface area contributed by atoms with Crippen LogP contribution in [-0.2, 0) is 9.63 Å². The van der Waals surface area contributed by atoms with Crippen molar-refractivity contribution in [3.63, 3.8) is 0 Å². The Kier molecular flexibility index (Phi) is 7.32. The first-order valence-corrected chi connectivity index (χ1v) is 8.50. The van der Waals surface area contributed by atoms with Crippen LogP contribution in [0.5, 0.6) is 11.5 Å². The minimum Gasteiger partial charge on any atom is -0.493 e. The van der Waals surface area contributed by atoms with Gasteiger partial charge in [-0.2, -0.15) is 0 Å². The third kappa shape index (κ3) is 5.70. The number of anilines is 1. The number of hydrogen-bond acceptors (Lipinski definition) is 7. The summed E-state index contributed by atoms with van der Waals surface area (Å²) in [6.07, 6.45) is 0.537. The molecule has 0 aromatic heterocycles. The number of nitro groups is 1. The van der Waals surface area contributed by atoms with Crippen LogP contribution in [0.15, 0.2) is 47.6 Å². The van der Waals surface area contributed by atoms with Gasteiger partial charge in [0.25, 0.3) is 11.6 Å². The zero-order valence-electron chi connectivity index (χ0n) is 15.7. The van der Waals surface area contributed by atoms with Crippen molar-refractivity contribution in [1.29, 1.82) is 0 Å². The fourth-order valence-corrected chi connectivity index (χ4v) is 2.21. The van der Waals surface area contributed by atoms with Crippen LogP contribution in [0.2, 0.25) is 0 Å². The molecule has 0 radical (unpaired) electrons. The van der Waals surface area contributed by atoms with Gasteiger partial charge in [-0.05, 0) is 38.1 Å². The Morgan fingerprint density at radius 1 is 1.29 bits per heavy atom. The number of carbonyl (C=O) groups is 1. The summed E-state index contributed by atoms with van der Waals surface area (Å²) in [5.41, 5.74) is 0.885. The van der Waals surface area contributed by atoms with Gasteiger partial charge in [0.15, 0.2) is 11.5 Å². The number of ether oxygens (including phenoxy) is 2. The Morgan fingerprint density at radius 3 is 2.75 bits per heavy atom. The van der Waals surface area contributed by atoms with Crippen LogP contribution in [-0.4, -0.2) is 36.9 Å². The molecule has 28 heavy (non-hydrogen) atoms. The second-order valence-corrected chi connectivity index (χ2v) is 5.62. The number of rotatable bonds is 9. The molecule has 1 atom stereocenters. The van der Waals surface area contributed by atoms with Crippen molar-refractivity contribution in [1.82, 2.24) is 0 Å². The number of oxime groups is 1. The Hall–Kier alpha value is -3.62. The molecule has 0 saturated carbocycles. The molecule has 2 aromatic carbocycles. The molecule has 0 aliphatic carbocycles. The lowest BCUT2D eigenvalue weighted by Crippen LogP contribution is -2.26. The van der Waals surface area contributed by atoms with Gasteiger partial charge in [-0.3, -0.25) is 14.9 Å². The van der Waals surface area contributed by atoms with Crippen LogP contribution in [0.1, 0.15) is 19.4 Å². The van der Waals surface area contributed by atoms with E-state index in [4.69, 9.17) is 14.3 Å². The van der Waals surface area contributed by atoms with Crippen molar-refractivity contribution in [2.75, 3.05) is 19.0 Å². The van der Waals surface area contributed by atoms with Crippen LogP contribution in [0.3, 0.4) is 0 Å². The van der Waals surface area contributed by atoms with E-state index in [9.17, 15) is 14.9 Å². The van der Waals surface area contributed by atoms with Crippen LogP contribution in [0.25, 0.3) is 0 Å². The SMILES string of the molecule is CCOc1ccc(C=NOC(C)C(=O)Nc2cccc([N+](=O)[O-])c2)cc1OC. The monoisotopic (exact) mass is 387 g/mol. The number of amides is 1. The van der Waals surface area contributed by atoms with E-state index in [1.54, 1.807) is 24.3 Å². The summed E-state index contributed by atoms with van der Waals surface area (Å²) in [4.78, 5) is 27.5. The lowest BCUT2D eigenvalue weighted by Gasteiger charge is -2.11. The van der Waals surface area contributed by atoms with Gasteiger partial charge in [-0.25, -0.2) is 0 Å². The highest BCUT2D eigenvalue weighted by atomic mass is 16.6. The average Bonchev–Trinajstić information content (AvgIpc) is 2.69. The molecule has 9 nitrogen and oxygen atoms in total. The van der Waals surface area contributed by atoms with E-state index in [0.29, 0.717) is 29.4 Å². The van der Waals surface area contributed by atoms with Crippen LogP contribution < -0.4 is 14.8 Å². The predicted molar refractivity (Wildman–Crippen MR) is 104 cm³/mol. The maximum Gasteiger partial charge on any atom is 0.271 e. The van der Waals surface area contributed by atoms with Gasteiger partial charge in [0.2, 0.25) is 6.10 Å². The lowest BCUT2D eigenvalue weighted by molar-refractivity contribution is -0.384. The van der Waals surface area contributed by atoms with Gasteiger partial charge in [-0.15, -0.1) is 0 Å². The lowest BCUT2D eigenvalue weighted by atomic mass is 10.2. The maximum atomic E-state index is 12.1. The molecule has 0 spiro atoms. The minimum atomic E-state index is -0.903. The highest BCUT2D eigenvalue weighted by Gasteiger charge is 2.15. The molecule has 0 aliphatic rings. The molecule has 2 aromatic rings. The smallest absolute Gasteiger partial charge is 0.271 e. The number of non-ortho nitro benzene ring substituents is 1. The quantitative estimate of drug-likeness (QED) is 0.401. The van der Waals surface area contributed by atoms with Crippen LogP contribution in [0.4, 0.5) is 11.4 Å². The van der Waals surface area contributed by atoms with Crippen molar-refractivity contribution in [3.8, 4) is 11.5 Å². The third-order valence-corrected chi connectivity index (χ3v) is 3.60. The van der Waals surface area contributed by atoms with Gasteiger partial charge in [0.1, 0.15) is 0 Å². The summed E-state index contributed by atoms with van der Waals surface area (Å²) in [6.45, 7) is 3.91. The van der Waals surface area contributed by atoms with Crippen molar-refractivity contribution >= 4 is 23.5 Å². The Morgan fingerprint density at radius 2 is 2.07 bits per heavy atom. The molecule has 1 N–H and O–H groups in total. The summed E-state index contributed by atoms with van der Waals surface area (Å²) >= 11 is 0. The average molecular weight is 387 g/mol. The first-order valence-electron chi connectivity index (χ1n) is 8.50. The number of methoxy groups -OCH3 is 1. The summed E-state index contributed by atoms with van der Waals surface area (Å²) in [7, 11) is 1.54. The molecular formula is C19H21N3O6. The van der Waals surface area contributed by atoms with Gasteiger partial charge in [0.05, 0.1) is 24.9 Å². The summed E-state index contributed by atoms with van der Waals surface area (Å²) in [5, 5.41) is 17.1. The zero-order valence-corrected chi connectivity index (χ0v) is 15.7. The third-order valence-electron chi connectivity index (χ3n) is 3.60. The zero-order chi connectivity index (χ0) is 20.5. The largest absolute Gasteiger partial charge is 0.493 e. The molecule has 0 aliphatic heterocycles. The normalized spacial score (nSPS) is 11.7. The fourth-order valence-electron chi connectivity index (χ4n) is 2.21. The van der Waals surface area contributed by atoms with E-state index < -0.39 is 16.9 Å². The highest BCUT2D eigenvalue weighted by Crippen LogP contribution is 2.27. The Bertz CT molecular complexity index is 868. The minimum absolute atomic E-state index is 0.117. The Labute approximate surface area is 162 Å². The number of hydrogen-bond donors (Lipinski definition) is 1. The number of nitrogens with one attached hydrogen (secondary N) is 1. The molecule has 0 bridgehead atoms. The number of nitro benzene ring substituents is 1. The number of benzene rings is 2. The van der Waals surface area contributed by atoms with Gasteiger partial charge < -0.3 is 19.6 Å². The summed E-state index contributed by atoms with van der Waals surface area (Å²) < 4.78 is 10.7. The van der Waals surface area contributed by atoms with Crippen molar-refractivity contribution < 1.29 is 24.0 Å². The van der Waals surface area contributed by atoms with Crippen LogP contribution >= 0.6 is 0 Å². The molecule has 1 unspecified atom stereocenters. The van der Waals surface area contributed by atoms with E-state index in [0.717, 1.165) is 0 Å². The fraction of sp³-hybridized carbons (Fsp3) is 0.263. The van der Waals surface area contributed by atoms with E-state index in [1.807, 2.05) is 6.92 Å². The van der Waals surface area contributed by atoms with Gasteiger partial charge >= 0.3 is 0 Å². The van der Waals surface area contributed by atoms with E-state index >= 15 is 0 Å². The molecule has 1 amide bonds. The van der Waals surface area contributed by atoms with Crippen molar-refractivity contribution in [3.05, 3.63) is 58.1 Å². The number of carbonyl (C=O) groups excluding carboxylic acids is 1. The van der Waals surface area contributed by atoms with E-state index in [2.05, 4.69) is 10.5 Å². The summed E-state index contributed by atoms with van der Waals surface area (Å²) in [5.74, 6) is 0.692. The van der Waals surface area contributed by atoms with Crippen molar-refractivity contribution in [2.24, 2.45) is 5.16 Å². The van der Waals surface area contributed by atoms with Crippen molar-refractivity contribution in [2.45, 2.75) is 20.0 Å². The number of nitrogens with zero attached hydrogens (tertiary/aromatic N) is 2. The first kappa shape index (κ1) is 20.7. The first-order chi connectivity index (χ1) is 13.4. The molecule has 0 fully saturated rings. The molecule has 0 saturated heterocycles. The van der Waals surface area contributed by atoms with Crippen LogP contribution in [0, 0.1) is 10.1 Å². The van der Waals surface area contributed by atoms with Gasteiger partial charge in [0, 0.05) is 23.4 Å². The topological polar surface area (TPSA) is 112 Å².